The van der Waals surface area contributed by atoms with Gasteiger partial charge in [0.05, 0.1) is 12.0 Å². The first-order chi connectivity index (χ1) is 11.4. The Kier molecular flexibility index (Phi) is 5.42. The van der Waals surface area contributed by atoms with Gasteiger partial charge in [-0.25, -0.2) is 13.1 Å². The van der Waals surface area contributed by atoms with Crippen molar-refractivity contribution in [1.82, 2.24) is 10.0 Å². The van der Waals surface area contributed by atoms with E-state index in [0.717, 1.165) is 5.56 Å². The third-order valence-corrected chi connectivity index (χ3v) is 4.82. The van der Waals surface area contributed by atoms with Crippen LogP contribution in [0, 0.1) is 0 Å². The Morgan fingerprint density at radius 3 is 2.42 bits per heavy atom. The summed E-state index contributed by atoms with van der Waals surface area (Å²) in [6.07, 6.45) is 0. The average Bonchev–Trinajstić information content (AvgIpc) is 2.60. The molecular formula is C16H18N2O5S. The molecule has 0 radical (unpaired) electrons. The van der Waals surface area contributed by atoms with E-state index in [-0.39, 0.29) is 23.1 Å². The van der Waals surface area contributed by atoms with Gasteiger partial charge in [-0.15, -0.1) is 0 Å². The van der Waals surface area contributed by atoms with Crippen molar-refractivity contribution in [3.05, 3.63) is 53.6 Å². The number of carbonyl (C=O) groups excluding carboxylic acids is 1. The second kappa shape index (κ2) is 7.33. The van der Waals surface area contributed by atoms with Crippen LogP contribution >= 0.6 is 0 Å². The molecule has 8 heteroatoms. The largest absolute Gasteiger partial charge is 0.504 e. The highest BCUT2D eigenvalue weighted by molar-refractivity contribution is 7.89. The Morgan fingerprint density at radius 2 is 1.83 bits per heavy atom. The number of benzene rings is 2. The zero-order chi connectivity index (χ0) is 17.7. The van der Waals surface area contributed by atoms with Crippen molar-refractivity contribution in [3.8, 4) is 11.5 Å². The van der Waals surface area contributed by atoms with Crippen LogP contribution in [-0.2, 0) is 16.6 Å². The molecule has 0 atom stereocenters. The van der Waals surface area contributed by atoms with Gasteiger partial charge in [0.15, 0.2) is 11.5 Å². The summed E-state index contributed by atoms with van der Waals surface area (Å²) in [5.74, 6) is 0.00716. The molecule has 0 aromatic heterocycles. The van der Waals surface area contributed by atoms with Crippen LogP contribution in [0.25, 0.3) is 0 Å². The lowest BCUT2D eigenvalue weighted by atomic mass is 10.1. The van der Waals surface area contributed by atoms with E-state index in [0.29, 0.717) is 11.3 Å². The SMILES string of the molecule is CNS(=O)(=O)c1ccc(C(=O)NCc2ccc(O)c(OC)c2)cc1. The van der Waals surface area contributed by atoms with Gasteiger partial charge in [-0.3, -0.25) is 4.79 Å². The van der Waals surface area contributed by atoms with Gasteiger partial charge in [0, 0.05) is 12.1 Å². The van der Waals surface area contributed by atoms with E-state index < -0.39 is 10.0 Å². The van der Waals surface area contributed by atoms with Gasteiger partial charge >= 0.3 is 0 Å². The smallest absolute Gasteiger partial charge is 0.251 e. The van der Waals surface area contributed by atoms with Gasteiger partial charge < -0.3 is 15.2 Å². The molecule has 2 rings (SSSR count). The molecule has 0 heterocycles. The highest BCUT2D eigenvalue weighted by Gasteiger charge is 2.12. The van der Waals surface area contributed by atoms with Gasteiger partial charge in [0.1, 0.15) is 0 Å². The van der Waals surface area contributed by atoms with E-state index in [9.17, 15) is 18.3 Å². The van der Waals surface area contributed by atoms with Crippen LogP contribution in [-0.4, -0.2) is 33.6 Å². The molecule has 0 saturated carbocycles. The third kappa shape index (κ3) is 4.03. The molecule has 3 N–H and O–H groups in total. The zero-order valence-corrected chi connectivity index (χ0v) is 14.1. The molecule has 2 aromatic rings. The van der Waals surface area contributed by atoms with E-state index in [2.05, 4.69) is 10.0 Å². The third-order valence-electron chi connectivity index (χ3n) is 3.39. The summed E-state index contributed by atoms with van der Waals surface area (Å²) >= 11 is 0. The summed E-state index contributed by atoms with van der Waals surface area (Å²) in [6, 6.07) is 10.4. The van der Waals surface area contributed by atoms with Crippen LogP contribution in [0.1, 0.15) is 15.9 Å². The van der Waals surface area contributed by atoms with Crippen LogP contribution in [0.15, 0.2) is 47.4 Å². The molecule has 0 aliphatic heterocycles. The van der Waals surface area contributed by atoms with E-state index in [1.165, 1.54) is 44.5 Å². The van der Waals surface area contributed by atoms with Crippen molar-refractivity contribution in [3.63, 3.8) is 0 Å². The van der Waals surface area contributed by atoms with E-state index >= 15 is 0 Å². The maximum atomic E-state index is 12.1. The summed E-state index contributed by atoms with van der Waals surface area (Å²) in [6.45, 7) is 0.242. The molecule has 1 amide bonds. The fraction of sp³-hybridized carbons (Fsp3) is 0.188. The highest BCUT2D eigenvalue weighted by Crippen LogP contribution is 2.26. The lowest BCUT2D eigenvalue weighted by Crippen LogP contribution is -2.23. The number of amides is 1. The molecule has 24 heavy (non-hydrogen) atoms. The normalized spacial score (nSPS) is 11.1. The number of rotatable bonds is 6. The molecule has 2 aromatic carbocycles. The Bertz CT molecular complexity index is 832. The first-order valence-corrected chi connectivity index (χ1v) is 8.53. The number of phenolic OH excluding ortho intramolecular Hbond substituents is 1. The maximum Gasteiger partial charge on any atom is 0.251 e. The van der Waals surface area contributed by atoms with E-state index in [4.69, 9.17) is 4.74 Å². The zero-order valence-electron chi connectivity index (χ0n) is 13.2. The number of aromatic hydroxyl groups is 1. The van der Waals surface area contributed by atoms with Gasteiger partial charge in [0.25, 0.3) is 5.91 Å². The monoisotopic (exact) mass is 350 g/mol. The maximum absolute atomic E-state index is 12.1. The summed E-state index contributed by atoms with van der Waals surface area (Å²) in [5.41, 5.74) is 1.10. The number of hydrogen-bond acceptors (Lipinski definition) is 5. The van der Waals surface area contributed by atoms with Crippen molar-refractivity contribution in [2.45, 2.75) is 11.4 Å². The molecule has 0 spiro atoms. The minimum atomic E-state index is -3.53. The van der Waals surface area contributed by atoms with Gasteiger partial charge in [-0.1, -0.05) is 6.07 Å². The minimum absolute atomic E-state index is 0.0221. The number of ether oxygens (including phenoxy) is 1. The van der Waals surface area contributed by atoms with Crippen LogP contribution in [0.3, 0.4) is 0 Å². The van der Waals surface area contributed by atoms with Crippen LogP contribution in [0.2, 0.25) is 0 Å². The average molecular weight is 350 g/mol. The fourth-order valence-electron chi connectivity index (χ4n) is 2.02. The standard InChI is InChI=1S/C16H18N2O5S/c1-17-24(21,22)13-6-4-12(5-7-13)16(20)18-10-11-3-8-14(19)15(9-11)23-2/h3-9,17,19H,10H2,1-2H3,(H,18,20). The second-order valence-corrected chi connectivity index (χ2v) is 6.81. The second-order valence-electron chi connectivity index (χ2n) is 4.92. The molecule has 0 unspecified atom stereocenters. The van der Waals surface area contributed by atoms with Gasteiger partial charge in [0.2, 0.25) is 10.0 Å². The number of hydrogen-bond donors (Lipinski definition) is 3. The number of carbonyl (C=O) groups is 1. The summed E-state index contributed by atoms with van der Waals surface area (Å²) in [7, 11) is -0.763. The first-order valence-electron chi connectivity index (χ1n) is 7.05. The Hall–Kier alpha value is -2.58. The van der Waals surface area contributed by atoms with Crippen LogP contribution in [0.5, 0.6) is 11.5 Å². The molecule has 0 fully saturated rings. The Labute approximate surface area is 140 Å². The summed E-state index contributed by atoms with van der Waals surface area (Å²) < 4.78 is 30.5. The van der Waals surface area contributed by atoms with Crippen LogP contribution < -0.4 is 14.8 Å². The number of methoxy groups -OCH3 is 1. The van der Waals surface area contributed by atoms with Crippen molar-refractivity contribution >= 4 is 15.9 Å². The van der Waals surface area contributed by atoms with Gasteiger partial charge in [-0.05, 0) is 49.0 Å². The predicted molar refractivity (Wildman–Crippen MR) is 88.5 cm³/mol. The molecular weight excluding hydrogens is 332 g/mol. The predicted octanol–water partition coefficient (Wildman–Crippen LogP) is 1.24. The quantitative estimate of drug-likeness (QED) is 0.727. The molecule has 7 nitrogen and oxygen atoms in total. The number of phenols is 1. The first kappa shape index (κ1) is 17.8. The molecule has 0 aliphatic rings. The topological polar surface area (TPSA) is 105 Å². The molecule has 0 saturated heterocycles. The highest BCUT2D eigenvalue weighted by atomic mass is 32.2. The van der Waals surface area contributed by atoms with Gasteiger partial charge in [-0.2, -0.15) is 0 Å². The van der Waals surface area contributed by atoms with Crippen molar-refractivity contribution in [1.29, 1.82) is 0 Å². The molecule has 128 valence electrons. The lowest BCUT2D eigenvalue weighted by Gasteiger charge is -2.09. The summed E-state index contributed by atoms with van der Waals surface area (Å²) in [4.78, 5) is 12.2. The van der Waals surface area contributed by atoms with E-state index in [1.807, 2.05) is 0 Å². The fourth-order valence-corrected chi connectivity index (χ4v) is 2.75. The summed E-state index contributed by atoms with van der Waals surface area (Å²) in [5, 5.41) is 12.3. The van der Waals surface area contributed by atoms with Crippen LogP contribution in [0.4, 0.5) is 0 Å². The van der Waals surface area contributed by atoms with E-state index in [1.54, 1.807) is 12.1 Å². The Balaban J connectivity index is 2.05. The molecule has 0 bridgehead atoms. The minimum Gasteiger partial charge on any atom is -0.504 e. The Morgan fingerprint density at radius 1 is 1.17 bits per heavy atom. The van der Waals surface area contributed by atoms with Crippen molar-refractivity contribution in [2.24, 2.45) is 0 Å². The van der Waals surface area contributed by atoms with Crippen molar-refractivity contribution in [2.75, 3.05) is 14.2 Å². The lowest BCUT2D eigenvalue weighted by molar-refractivity contribution is 0.0950. The number of nitrogens with one attached hydrogen (secondary N) is 2. The molecule has 0 aliphatic carbocycles. The number of sulfonamides is 1. The van der Waals surface area contributed by atoms with Crippen molar-refractivity contribution < 1.29 is 23.1 Å².